The van der Waals surface area contributed by atoms with E-state index in [1.165, 1.54) is 30.3 Å². The Balaban J connectivity index is 1.64. The topological polar surface area (TPSA) is 95.9 Å². The van der Waals surface area contributed by atoms with Crippen LogP contribution in [0.3, 0.4) is 0 Å². The van der Waals surface area contributed by atoms with Crippen LogP contribution in [-0.2, 0) is 14.3 Å². The number of carboxylic acid groups (broad SMARTS) is 1. The molecule has 0 bridgehead atoms. The first kappa shape index (κ1) is 25.9. The number of carbonyl (C=O) groups is 3. The van der Waals surface area contributed by atoms with E-state index in [1.807, 2.05) is 32.0 Å². The fourth-order valence-electron chi connectivity index (χ4n) is 3.50. The van der Waals surface area contributed by atoms with Crippen LogP contribution in [0.25, 0.3) is 11.1 Å². The lowest BCUT2D eigenvalue weighted by Gasteiger charge is -2.24. The van der Waals surface area contributed by atoms with Gasteiger partial charge >= 0.3 is 5.97 Å². The molecule has 3 rings (SSSR count). The number of carbonyl (C=O) groups excluding carboxylic acids is 2. The number of nitrogens with zero attached hydrogens (tertiary/aromatic N) is 1. The first-order valence-corrected chi connectivity index (χ1v) is 11.1. The first-order valence-electron chi connectivity index (χ1n) is 10.8. The van der Waals surface area contributed by atoms with Gasteiger partial charge in [0.05, 0.1) is 11.3 Å². The van der Waals surface area contributed by atoms with Crippen LogP contribution in [0.15, 0.2) is 60.7 Å². The second kappa shape index (κ2) is 11.6. The van der Waals surface area contributed by atoms with Crippen molar-refractivity contribution in [3.8, 4) is 11.1 Å². The van der Waals surface area contributed by atoms with Crippen LogP contribution in [0.1, 0.15) is 22.8 Å². The highest BCUT2D eigenvalue weighted by Gasteiger charge is 2.18. The third-order valence-corrected chi connectivity index (χ3v) is 5.47. The van der Waals surface area contributed by atoms with Gasteiger partial charge in [0.2, 0.25) is 5.91 Å². The van der Waals surface area contributed by atoms with Crippen LogP contribution < -0.4 is 10.2 Å². The van der Waals surface area contributed by atoms with Gasteiger partial charge in [0, 0.05) is 17.3 Å². The highest BCUT2D eigenvalue weighted by Crippen LogP contribution is 2.28. The maximum atomic E-state index is 13.3. The maximum absolute atomic E-state index is 13.3. The minimum atomic E-state index is -1.24. The number of amides is 2. The molecule has 0 heterocycles. The molecule has 0 aliphatic heterocycles. The van der Waals surface area contributed by atoms with E-state index in [1.54, 1.807) is 17.0 Å². The zero-order chi connectivity index (χ0) is 25.5. The second-order valence-electron chi connectivity index (χ2n) is 7.68. The van der Waals surface area contributed by atoms with Gasteiger partial charge in [0.1, 0.15) is 19.0 Å². The van der Waals surface area contributed by atoms with E-state index in [0.717, 1.165) is 16.7 Å². The molecule has 0 spiro atoms. The normalized spacial score (nSPS) is 10.6. The summed E-state index contributed by atoms with van der Waals surface area (Å²) in [6.07, 6.45) is 0. The van der Waals surface area contributed by atoms with Crippen molar-refractivity contribution >= 4 is 40.8 Å². The third-order valence-electron chi connectivity index (χ3n) is 5.24. The maximum Gasteiger partial charge on any atom is 0.337 e. The predicted octanol–water partition coefficient (Wildman–Crippen LogP) is 5.16. The van der Waals surface area contributed by atoms with Gasteiger partial charge in [-0.3, -0.25) is 9.59 Å². The third kappa shape index (κ3) is 6.65. The summed E-state index contributed by atoms with van der Waals surface area (Å²) in [6.45, 7) is 3.27. The second-order valence-corrected chi connectivity index (χ2v) is 8.12. The van der Waals surface area contributed by atoms with Gasteiger partial charge in [-0.15, -0.1) is 0 Å². The van der Waals surface area contributed by atoms with Crippen molar-refractivity contribution in [3.63, 3.8) is 0 Å². The van der Waals surface area contributed by atoms with Crippen LogP contribution >= 0.6 is 11.6 Å². The Kier molecular flexibility index (Phi) is 8.57. The van der Waals surface area contributed by atoms with Crippen molar-refractivity contribution in [3.05, 3.63) is 82.6 Å². The molecule has 182 valence electrons. The summed E-state index contributed by atoms with van der Waals surface area (Å²) in [7, 11) is 0. The zero-order valence-corrected chi connectivity index (χ0v) is 19.9. The van der Waals surface area contributed by atoms with Crippen LogP contribution in [0.4, 0.5) is 15.8 Å². The molecule has 0 saturated heterocycles. The average molecular weight is 499 g/mol. The van der Waals surface area contributed by atoms with Gasteiger partial charge in [-0.2, -0.15) is 0 Å². The number of rotatable bonds is 9. The summed E-state index contributed by atoms with van der Waals surface area (Å²) in [5.41, 5.74) is 3.11. The number of anilines is 2. The Morgan fingerprint density at radius 3 is 2.34 bits per heavy atom. The van der Waals surface area contributed by atoms with Crippen molar-refractivity contribution < 1.29 is 28.6 Å². The van der Waals surface area contributed by atoms with Gasteiger partial charge in [0.25, 0.3) is 5.91 Å². The van der Waals surface area contributed by atoms with E-state index in [4.69, 9.17) is 16.3 Å². The molecule has 0 unspecified atom stereocenters. The minimum Gasteiger partial charge on any atom is -0.478 e. The molecule has 0 radical (unpaired) electrons. The summed E-state index contributed by atoms with van der Waals surface area (Å²) < 4.78 is 18.6. The zero-order valence-electron chi connectivity index (χ0n) is 19.2. The molecule has 0 aliphatic carbocycles. The highest BCUT2D eigenvalue weighted by atomic mass is 35.5. The summed E-state index contributed by atoms with van der Waals surface area (Å²) in [5, 5.41) is 11.9. The number of nitrogens with one attached hydrogen (secondary N) is 1. The number of hydrogen-bond acceptors (Lipinski definition) is 4. The lowest BCUT2D eigenvalue weighted by Crippen LogP contribution is -2.35. The molecule has 2 amide bonds. The summed E-state index contributed by atoms with van der Waals surface area (Å²) >= 11 is 5.81. The highest BCUT2D eigenvalue weighted by molar-refractivity contribution is 6.31. The molecule has 9 heteroatoms. The monoisotopic (exact) mass is 498 g/mol. The summed E-state index contributed by atoms with van der Waals surface area (Å²) in [5.74, 6) is -2.53. The van der Waals surface area contributed by atoms with E-state index < -0.39 is 18.5 Å². The van der Waals surface area contributed by atoms with E-state index in [9.17, 15) is 23.9 Å². The number of carboxylic acids is 1. The first-order chi connectivity index (χ1) is 16.7. The smallest absolute Gasteiger partial charge is 0.337 e. The molecule has 3 aromatic carbocycles. The Bertz CT molecular complexity index is 1250. The van der Waals surface area contributed by atoms with Crippen molar-refractivity contribution in [1.29, 1.82) is 0 Å². The number of ether oxygens (including phenoxy) is 1. The van der Waals surface area contributed by atoms with Gasteiger partial charge in [0.15, 0.2) is 0 Å². The van der Waals surface area contributed by atoms with Crippen LogP contribution in [-0.4, -0.2) is 42.6 Å². The SMILES string of the molecule is CCN(C(=O)COCC(=O)Nc1ccc(Cl)cc1C(=O)O)c1cc(-c2ccc(F)cc2)ccc1C. The number of likely N-dealkylation sites (N-methyl/N-ethyl adjacent to an activating group) is 1. The van der Waals surface area contributed by atoms with Gasteiger partial charge in [-0.1, -0.05) is 35.9 Å². The van der Waals surface area contributed by atoms with Gasteiger partial charge in [-0.05, 0) is 66.9 Å². The van der Waals surface area contributed by atoms with Crippen molar-refractivity contribution in [2.45, 2.75) is 13.8 Å². The Labute approximate surface area is 207 Å². The Morgan fingerprint density at radius 2 is 1.69 bits per heavy atom. The molecule has 7 nitrogen and oxygen atoms in total. The summed E-state index contributed by atoms with van der Waals surface area (Å²) in [6, 6.07) is 15.8. The molecular weight excluding hydrogens is 475 g/mol. The average Bonchev–Trinajstić information content (AvgIpc) is 2.82. The van der Waals surface area contributed by atoms with Crippen molar-refractivity contribution in [2.75, 3.05) is 30.0 Å². The number of halogens is 2. The van der Waals surface area contributed by atoms with Crippen LogP contribution in [0.5, 0.6) is 0 Å². The number of benzene rings is 3. The molecule has 0 saturated carbocycles. The standard InChI is InChI=1S/C26H24ClFN2O5/c1-3-30(23-12-18(5-4-16(23)2)17-6-9-20(28)10-7-17)25(32)15-35-14-24(31)29-22-11-8-19(27)13-21(22)26(33)34/h4-13H,3,14-15H2,1-2H3,(H,29,31)(H,33,34). The van der Waals surface area contributed by atoms with Crippen molar-refractivity contribution in [2.24, 2.45) is 0 Å². The Morgan fingerprint density at radius 1 is 1.00 bits per heavy atom. The minimum absolute atomic E-state index is 0.0743. The Hall–Kier alpha value is -3.75. The van der Waals surface area contributed by atoms with Gasteiger partial charge in [-0.25, -0.2) is 9.18 Å². The fourth-order valence-corrected chi connectivity index (χ4v) is 3.67. The molecule has 0 aromatic heterocycles. The molecule has 0 atom stereocenters. The molecule has 0 aliphatic rings. The fraction of sp³-hybridized carbons (Fsp3) is 0.192. The molecule has 0 fully saturated rings. The number of aryl methyl sites for hydroxylation is 1. The molecule has 2 N–H and O–H groups in total. The van der Waals surface area contributed by atoms with E-state index in [0.29, 0.717) is 12.2 Å². The van der Waals surface area contributed by atoms with Crippen LogP contribution in [0, 0.1) is 12.7 Å². The summed E-state index contributed by atoms with van der Waals surface area (Å²) in [4.78, 5) is 38.0. The largest absolute Gasteiger partial charge is 0.478 e. The number of hydrogen-bond donors (Lipinski definition) is 2. The predicted molar refractivity (Wildman–Crippen MR) is 132 cm³/mol. The quantitative estimate of drug-likeness (QED) is 0.425. The van der Waals surface area contributed by atoms with Gasteiger partial charge < -0.3 is 20.1 Å². The lowest BCUT2D eigenvalue weighted by molar-refractivity contribution is -0.127. The van der Waals surface area contributed by atoms with Crippen molar-refractivity contribution in [1.82, 2.24) is 0 Å². The van der Waals surface area contributed by atoms with Crippen LogP contribution in [0.2, 0.25) is 5.02 Å². The molecule has 3 aromatic rings. The van der Waals surface area contributed by atoms with E-state index in [-0.39, 0.29) is 34.6 Å². The lowest BCUT2D eigenvalue weighted by atomic mass is 10.0. The molecule has 35 heavy (non-hydrogen) atoms. The number of aromatic carboxylic acids is 1. The molecular formula is C26H24ClFN2O5. The van der Waals surface area contributed by atoms with E-state index in [2.05, 4.69) is 5.32 Å². The van der Waals surface area contributed by atoms with E-state index >= 15 is 0 Å².